The van der Waals surface area contributed by atoms with E-state index in [1.165, 1.54) is 0 Å². The van der Waals surface area contributed by atoms with Crippen molar-refractivity contribution in [2.75, 3.05) is 14.2 Å². The van der Waals surface area contributed by atoms with Crippen LogP contribution in [0.1, 0.15) is 47.5 Å². The van der Waals surface area contributed by atoms with Crippen molar-refractivity contribution >= 4 is 5.91 Å². The number of carbonyl (C=O) groups is 1. The van der Waals surface area contributed by atoms with Gasteiger partial charge in [0.05, 0.1) is 17.9 Å². The average Bonchev–Trinajstić information content (AvgIpc) is 2.43. The van der Waals surface area contributed by atoms with Gasteiger partial charge in [-0.05, 0) is 17.8 Å². The molecule has 0 aliphatic heterocycles. The van der Waals surface area contributed by atoms with E-state index in [1.807, 2.05) is 13.8 Å². The summed E-state index contributed by atoms with van der Waals surface area (Å²) in [4.78, 5) is 11.6. The second-order valence-corrected chi connectivity index (χ2v) is 5.68. The van der Waals surface area contributed by atoms with Crippen LogP contribution in [-0.2, 0) is 9.53 Å². The van der Waals surface area contributed by atoms with Gasteiger partial charge < -0.3 is 4.74 Å². The monoisotopic (exact) mass is 286 g/mol. The van der Waals surface area contributed by atoms with Gasteiger partial charge in [-0.25, -0.2) is 5.48 Å². The SMILES string of the molecule is CCC(C(=O)NO)C(C#N)C(C)C(C)(C)CC.COC. The van der Waals surface area contributed by atoms with Crippen molar-refractivity contribution in [1.82, 2.24) is 5.48 Å². The van der Waals surface area contributed by atoms with Crippen molar-refractivity contribution in [3.63, 3.8) is 0 Å². The van der Waals surface area contributed by atoms with Gasteiger partial charge in [-0.1, -0.05) is 41.0 Å². The summed E-state index contributed by atoms with van der Waals surface area (Å²) in [7, 11) is 3.25. The molecule has 5 heteroatoms. The fourth-order valence-corrected chi connectivity index (χ4v) is 2.04. The summed E-state index contributed by atoms with van der Waals surface area (Å²) in [6.45, 7) is 10.1. The van der Waals surface area contributed by atoms with Crippen LogP contribution in [0.3, 0.4) is 0 Å². The minimum Gasteiger partial charge on any atom is -0.388 e. The van der Waals surface area contributed by atoms with Gasteiger partial charge in [0, 0.05) is 14.2 Å². The molecule has 0 rings (SSSR count). The minimum absolute atomic E-state index is 0.00352. The topological polar surface area (TPSA) is 82.4 Å². The third-order valence-corrected chi connectivity index (χ3v) is 4.15. The molecular formula is C15H30N2O3. The summed E-state index contributed by atoms with van der Waals surface area (Å²) in [5.41, 5.74) is 1.67. The molecule has 0 aromatic rings. The number of nitrogens with one attached hydrogen (secondary N) is 1. The first-order valence-corrected chi connectivity index (χ1v) is 7.00. The Kier molecular flexibility index (Phi) is 11.3. The highest BCUT2D eigenvalue weighted by atomic mass is 16.5. The van der Waals surface area contributed by atoms with Crippen LogP contribution in [0.15, 0.2) is 0 Å². The lowest BCUT2D eigenvalue weighted by molar-refractivity contribution is -0.135. The molecule has 0 saturated heterocycles. The molecule has 5 nitrogen and oxygen atoms in total. The van der Waals surface area contributed by atoms with E-state index in [4.69, 9.17) is 5.21 Å². The molecule has 0 aliphatic rings. The first-order chi connectivity index (χ1) is 9.26. The summed E-state index contributed by atoms with van der Waals surface area (Å²) in [6.07, 6.45) is 1.50. The number of amides is 1. The predicted molar refractivity (Wildman–Crippen MR) is 79.0 cm³/mol. The van der Waals surface area contributed by atoms with E-state index in [-0.39, 0.29) is 17.3 Å². The largest absolute Gasteiger partial charge is 0.388 e. The fraction of sp³-hybridized carbons (Fsp3) is 0.867. The minimum atomic E-state index is -0.460. The van der Waals surface area contributed by atoms with Gasteiger partial charge in [0.1, 0.15) is 0 Å². The summed E-state index contributed by atoms with van der Waals surface area (Å²) in [5.74, 6) is -1.19. The normalized spacial score (nSPS) is 15.2. The van der Waals surface area contributed by atoms with Crippen molar-refractivity contribution in [3.8, 4) is 6.07 Å². The van der Waals surface area contributed by atoms with Gasteiger partial charge >= 0.3 is 0 Å². The van der Waals surface area contributed by atoms with Crippen molar-refractivity contribution < 1.29 is 14.7 Å². The number of methoxy groups -OCH3 is 1. The highest BCUT2D eigenvalue weighted by molar-refractivity contribution is 5.78. The third-order valence-electron chi connectivity index (χ3n) is 4.15. The lowest BCUT2D eigenvalue weighted by atomic mass is 9.67. The molecule has 0 heterocycles. The Balaban J connectivity index is 0. The highest BCUT2D eigenvalue weighted by Crippen LogP contribution is 2.39. The van der Waals surface area contributed by atoms with Crippen LogP contribution in [-0.4, -0.2) is 25.3 Å². The summed E-state index contributed by atoms with van der Waals surface area (Å²) in [6, 6.07) is 2.24. The van der Waals surface area contributed by atoms with Crippen molar-refractivity contribution in [2.24, 2.45) is 23.2 Å². The Bertz CT molecular complexity index is 311. The number of hydroxylamine groups is 1. The Hall–Kier alpha value is -1.12. The Morgan fingerprint density at radius 1 is 1.40 bits per heavy atom. The van der Waals surface area contributed by atoms with Crippen LogP contribution >= 0.6 is 0 Å². The molecule has 0 spiro atoms. The summed E-state index contributed by atoms with van der Waals surface area (Å²) in [5, 5.41) is 18.0. The molecule has 2 N–H and O–H groups in total. The Morgan fingerprint density at radius 3 is 2.10 bits per heavy atom. The molecule has 118 valence electrons. The maximum Gasteiger partial charge on any atom is 0.247 e. The average molecular weight is 286 g/mol. The van der Waals surface area contributed by atoms with Gasteiger partial charge in [0.25, 0.3) is 0 Å². The molecule has 0 saturated carbocycles. The lowest BCUT2D eigenvalue weighted by Crippen LogP contribution is -2.38. The van der Waals surface area contributed by atoms with Crippen LogP contribution in [0.25, 0.3) is 0 Å². The van der Waals surface area contributed by atoms with Gasteiger partial charge in [-0.15, -0.1) is 0 Å². The van der Waals surface area contributed by atoms with E-state index < -0.39 is 11.8 Å². The number of hydrogen-bond donors (Lipinski definition) is 2. The van der Waals surface area contributed by atoms with Crippen molar-refractivity contribution in [3.05, 3.63) is 0 Å². The molecule has 0 aliphatic carbocycles. The first kappa shape index (κ1) is 21.2. The van der Waals surface area contributed by atoms with E-state index in [0.29, 0.717) is 6.42 Å². The van der Waals surface area contributed by atoms with E-state index in [0.717, 1.165) is 6.42 Å². The first-order valence-electron chi connectivity index (χ1n) is 7.00. The maximum absolute atomic E-state index is 11.6. The van der Waals surface area contributed by atoms with Crippen molar-refractivity contribution in [2.45, 2.75) is 47.5 Å². The molecule has 1 amide bonds. The van der Waals surface area contributed by atoms with Gasteiger partial charge in [-0.3, -0.25) is 10.0 Å². The second-order valence-electron chi connectivity index (χ2n) is 5.68. The molecule has 3 atom stereocenters. The zero-order valence-corrected chi connectivity index (χ0v) is 13.9. The highest BCUT2D eigenvalue weighted by Gasteiger charge is 2.37. The Labute approximate surface area is 123 Å². The molecule has 0 radical (unpaired) electrons. The van der Waals surface area contributed by atoms with E-state index in [9.17, 15) is 10.1 Å². The van der Waals surface area contributed by atoms with Gasteiger partial charge in [-0.2, -0.15) is 5.26 Å². The van der Waals surface area contributed by atoms with E-state index in [2.05, 4.69) is 31.6 Å². The Morgan fingerprint density at radius 2 is 1.85 bits per heavy atom. The van der Waals surface area contributed by atoms with Crippen LogP contribution < -0.4 is 5.48 Å². The van der Waals surface area contributed by atoms with E-state index in [1.54, 1.807) is 19.7 Å². The smallest absolute Gasteiger partial charge is 0.247 e. The lowest BCUT2D eigenvalue weighted by Gasteiger charge is -2.36. The standard InChI is InChI=1S/C13H24N2O2.C2H6O/c1-6-10(12(16)15-17)11(8-14)9(3)13(4,5)7-2;1-3-2/h9-11,17H,6-7H2,1-5H3,(H,15,16);1-2H3. The van der Waals surface area contributed by atoms with Crippen LogP contribution in [0.2, 0.25) is 0 Å². The zero-order chi connectivity index (χ0) is 16.3. The molecule has 0 aromatic carbocycles. The molecular weight excluding hydrogens is 256 g/mol. The maximum atomic E-state index is 11.6. The number of carbonyl (C=O) groups excluding carboxylic acids is 1. The number of nitriles is 1. The zero-order valence-electron chi connectivity index (χ0n) is 13.9. The van der Waals surface area contributed by atoms with Gasteiger partial charge in [0.15, 0.2) is 0 Å². The molecule has 3 unspecified atom stereocenters. The summed E-state index contributed by atoms with van der Waals surface area (Å²) < 4.78 is 4.25. The van der Waals surface area contributed by atoms with E-state index >= 15 is 0 Å². The van der Waals surface area contributed by atoms with Crippen LogP contribution in [0.5, 0.6) is 0 Å². The number of rotatable bonds is 6. The van der Waals surface area contributed by atoms with Gasteiger partial charge in [0.2, 0.25) is 5.91 Å². The molecule has 20 heavy (non-hydrogen) atoms. The quantitative estimate of drug-likeness (QED) is 0.581. The third kappa shape index (κ3) is 6.36. The fourth-order valence-electron chi connectivity index (χ4n) is 2.04. The predicted octanol–water partition coefficient (Wildman–Crippen LogP) is 2.99. The summed E-state index contributed by atoms with van der Waals surface area (Å²) >= 11 is 0. The number of hydrogen-bond acceptors (Lipinski definition) is 4. The van der Waals surface area contributed by atoms with Crippen LogP contribution in [0, 0.1) is 34.5 Å². The second kappa shape index (κ2) is 10.6. The van der Waals surface area contributed by atoms with Crippen LogP contribution in [0.4, 0.5) is 0 Å². The number of nitrogens with zero attached hydrogens (tertiary/aromatic N) is 1. The van der Waals surface area contributed by atoms with Crippen molar-refractivity contribution in [1.29, 1.82) is 5.26 Å². The molecule has 0 aromatic heterocycles. The molecule has 0 fully saturated rings. The molecule has 0 bridgehead atoms. The number of ether oxygens (including phenoxy) is 1.